The van der Waals surface area contributed by atoms with Gasteiger partial charge in [0.25, 0.3) is 5.91 Å². The van der Waals surface area contributed by atoms with Gasteiger partial charge in [0.1, 0.15) is 5.82 Å². The minimum Gasteiger partial charge on any atom is -0.459 e. The van der Waals surface area contributed by atoms with E-state index in [4.69, 9.17) is 4.42 Å². The summed E-state index contributed by atoms with van der Waals surface area (Å²) in [5.41, 5.74) is 2.15. The van der Waals surface area contributed by atoms with E-state index in [0.29, 0.717) is 30.8 Å². The molecule has 0 bridgehead atoms. The highest BCUT2D eigenvalue weighted by Crippen LogP contribution is 2.45. The van der Waals surface area contributed by atoms with Gasteiger partial charge >= 0.3 is 0 Å². The first-order chi connectivity index (χ1) is 12.0. The molecule has 1 fully saturated rings. The number of carbonyl (C=O) groups is 1. The molecule has 0 spiro atoms. The maximum Gasteiger partial charge on any atom is 0.289 e. The van der Waals surface area contributed by atoms with Crippen LogP contribution in [0.5, 0.6) is 0 Å². The highest BCUT2D eigenvalue weighted by Gasteiger charge is 2.43. The predicted octanol–water partition coefficient (Wildman–Crippen LogP) is 3.89. The summed E-state index contributed by atoms with van der Waals surface area (Å²) in [6.07, 6.45) is 2.41. The van der Waals surface area contributed by atoms with Crippen LogP contribution < -0.4 is 4.90 Å². The smallest absolute Gasteiger partial charge is 0.289 e. The number of anilines is 1. The zero-order valence-corrected chi connectivity index (χ0v) is 14.6. The molecule has 0 radical (unpaired) electrons. The molecular formula is C20H23FN2O2. The molecule has 2 aromatic rings. The van der Waals surface area contributed by atoms with Crippen LogP contribution in [0.2, 0.25) is 0 Å². The van der Waals surface area contributed by atoms with Gasteiger partial charge in [-0.15, -0.1) is 0 Å². The lowest BCUT2D eigenvalue weighted by atomic mass is 9.88. The Morgan fingerprint density at radius 1 is 1.36 bits per heavy atom. The van der Waals surface area contributed by atoms with E-state index in [2.05, 4.69) is 18.7 Å². The SMILES string of the molecule is CC(C)CN1c2ccc(F)cc2[C@@H]2CN(C(=O)c3ccco3)CC[C@@H]21. The lowest BCUT2D eigenvalue weighted by Gasteiger charge is -2.39. The van der Waals surface area contributed by atoms with Gasteiger partial charge in [0.15, 0.2) is 5.76 Å². The second-order valence-electron chi connectivity index (χ2n) is 7.44. The number of furan rings is 1. The normalized spacial score (nSPS) is 22.2. The summed E-state index contributed by atoms with van der Waals surface area (Å²) in [6, 6.07) is 8.83. The number of halogens is 1. The fourth-order valence-corrected chi connectivity index (χ4v) is 4.25. The van der Waals surface area contributed by atoms with Crippen molar-refractivity contribution in [1.82, 2.24) is 4.90 Å². The van der Waals surface area contributed by atoms with Crippen LogP contribution in [0.25, 0.3) is 0 Å². The molecule has 1 amide bonds. The molecule has 132 valence electrons. The molecule has 2 aliphatic rings. The number of likely N-dealkylation sites (tertiary alicyclic amines) is 1. The van der Waals surface area contributed by atoms with Crippen LogP contribution in [-0.4, -0.2) is 36.5 Å². The topological polar surface area (TPSA) is 36.7 Å². The Morgan fingerprint density at radius 2 is 2.20 bits per heavy atom. The van der Waals surface area contributed by atoms with Crippen molar-refractivity contribution in [2.75, 3.05) is 24.5 Å². The Kier molecular flexibility index (Phi) is 4.02. The maximum atomic E-state index is 13.9. The summed E-state index contributed by atoms with van der Waals surface area (Å²) >= 11 is 0. The van der Waals surface area contributed by atoms with Crippen molar-refractivity contribution in [3.63, 3.8) is 0 Å². The van der Waals surface area contributed by atoms with E-state index in [1.807, 2.05) is 11.0 Å². The number of fused-ring (bicyclic) bond motifs is 3. The summed E-state index contributed by atoms with van der Waals surface area (Å²) in [7, 11) is 0. The van der Waals surface area contributed by atoms with Gasteiger partial charge < -0.3 is 14.2 Å². The third-order valence-electron chi connectivity index (χ3n) is 5.26. The molecule has 2 atom stereocenters. The fraction of sp³-hybridized carbons (Fsp3) is 0.450. The molecule has 0 N–H and O–H groups in total. The number of rotatable bonds is 3. The Labute approximate surface area is 147 Å². The molecule has 0 unspecified atom stereocenters. The molecule has 1 aromatic heterocycles. The summed E-state index contributed by atoms with van der Waals surface area (Å²) in [5.74, 6) is 0.758. The number of nitrogens with zero attached hydrogens (tertiary/aromatic N) is 2. The largest absolute Gasteiger partial charge is 0.459 e. The first-order valence-electron chi connectivity index (χ1n) is 8.93. The van der Waals surface area contributed by atoms with E-state index in [1.54, 1.807) is 18.2 Å². The third kappa shape index (κ3) is 2.81. The monoisotopic (exact) mass is 342 g/mol. The Balaban J connectivity index is 1.63. The van der Waals surface area contributed by atoms with Gasteiger partial charge in [-0.3, -0.25) is 4.79 Å². The van der Waals surface area contributed by atoms with Gasteiger partial charge in [-0.2, -0.15) is 0 Å². The van der Waals surface area contributed by atoms with E-state index in [-0.39, 0.29) is 17.6 Å². The van der Waals surface area contributed by atoms with E-state index in [0.717, 1.165) is 24.2 Å². The van der Waals surface area contributed by atoms with Crippen LogP contribution in [0.15, 0.2) is 41.0 Å². The van der Waals surface area contributed by atoms with Gasteiger partial charge in [-0.1, -0.05) is 13.8 Å². The average molecular weight is 342 g/mol. The number of hydrogen-bond acceptors (Lipinski definition) is 3. The second kappa shape index (κ2) is 6.21. The molecule has 0 saturated carbocycles. The Bertz CT molecular complexity index is 772. The van der Waals surface area contributed by atoms with E-state index >= 15 is 0 Å². The molecule has 1 aromatic carbocycles. The molecule has 2 aliphatic heterocycles. The van der Waals surface area contributed by atoms with Gasteiger partial charge in [0.2, 0.25) is 0 Å². The van der Waals surface area contributed by atoms with Crippen molar-refractivity contribution in [1.29, 1.82) is 0 Å². The lowest BCUT2D eigenvalue weighted by Crippen LogP contribution is -2.48. The zero-order valence-electron chi connectivity index (χ0n) is 14.6. The summed E-state index contributed by atoms with van der Waals surface area (Å²) in [4.78, 5) is 16.9. The Morgan fingerprint density at radius 3 is 2.92 bits per heavy atom. The van der Waals surface area contributed by atoms with E-state index in [9.17, 15) is 9.18 Å². The molecule has 4 nitrogen and oxygen atoms in total. The standard InChI is InChI=1S/C20H23FN2O2/c1-13(2)11-23-17-6-5-14(21)10-15(17)16-12-22(8-7-18(16)23)20(24)19-4-3-9-25-19/h3-6,9-10,13,16,18H,7-8,11-12H2,1-2H3/t16-,18-/m0/s1. The summed E-state index contributed by atoms with van der Waals surface area (Å²) < 4.78 is 19.1. The van der Waals surface area contributed by atoms with E-state index < -0.39 is 0 Å². The fourth-order valence-electron chi connectivity index (χ4n) is 4.25. The first-order valence-corrected chi connectivity index (χ1v) is 8.93. The number of amides is 1. The van der Waals surface area contributed by atoms with Gasteiger partial charge in [0.05, 0.1) is 6.26 Å². The number of benzene rings is 1. The van der Waals surface area contributed by atoms with Crippen molar-refractivity contribution in [2.24, 2.45) is 5.92 Å². The maximum absolute atomic E-state index is 13.9. The molecule has 4 rings (SSSR count). The summed E-state index contributed by atoms with van der Waals surface area (Å²) in [5, 5.41) is 0. The van der Waals surface area contributed by atoms with Gasteiger partial charge in [0, 0.05) is 37.3 Å². The zero-order chi connectivity index (χ0) is 17.6. The predicted molar refractivity (Wildman–Crippen MR) is 94.3 cm³/mol. The molecule has 5 heteroatoms. The highest BCUT2D eigenvalue weighted by atomic mass is 19.1. The van der Waals surface area contributed by atoms with Crippen LogP contribution >= 0.6 is 0 Å². The minimum atomic E-state index is -0.210. The third-order valence-corrected chi connectivity index (χ3v) is 5.26. The number of carbonyl (C=O) groups excluding carboxylic acids is 1. The van der Waals surface area contributed by atoms with E-state index in [1.165, 1.54) is 12.3 Å². The van der Waals surface area contributed by atoms with Crippen molar-refractivity contribution >= 4 is 11.6 Å². The number of piperidine rings is 1. The lowest BCUT2D eigenvalue weighted by molar-refractivity contribution is 0.0664. The number of hydrogen-bond donors (Lipinski definition) is 0. The first kappa shape index (κ1) is 16.2. The summed E-state index contributed by atoms with van der Waals surface area (Å²) in [6.45, 7) is 6.66. The Hall–Kier alpha value is -2.30. The van der Waals surface area contributed by atoms with Crippen LogP contribution in [0.1, 0.15) is 42.3 Å². The minimum absolute atomic E-state index is 0.0799. The highest BCUT2D eigenvalue weighted by molar-refractivity contribution is 5.91. The van der Waals surface area contributed by atoms with Crippen molar-refractivity contribution in [3.8, 4) is 0 Å². The van der Waals surface area contributed by atoms with Crippen LogP contribution in [0, 0.1) is 11.7 Å². The van der Waals surface area contributed by atoms with Crippen LogP contribution in [0.3, 0.4) is 0 Å². The average Bonchev–Trinajstić information content (AvgIpc) is 3.21. The van der Waals surface area contributed by atoms with Crippen LogP contribution in [-0.2, 0) is 0 Å². The van der Waals surface area contributed by atoms with Gasteiger partial charge in [-0.05, 0) is 48.2 Å². The molecule has 3 heterocycles. The molecule has 1 saturated heterocycles. The second-order valence-corrected chi connectivity index (χ2v) is 7.44. The molecule has 25 heavy (non-hydrogen) atoms. The van der Waals surface area contributed by atoms with Crippen molar-refractivity contribution < 1.29 is 13.6 Å². The molecule has 0 aliphatic carbocycles. The molecular weight excluding hydrogens is 319 g/mol. The van der Waals surface area contributed by atoms with Crippen molar-refractivity contribution in [2.45, 2.75) is 32.2 Å². The quantitative estimate of drug-likeness (QED) is 0.849. The van der Waals surface area contributed by atoms with Gasteiger partial charge in [-0.25, -0.2) is 4.39 Å². The van der Waals surface area contributed by atoms with Crippen LogP contribution in [0.4, 0.5) is 10.1 Å². The van der Waals surface area contributed by atoms with Crippen molar-refractivity contribution in [3.05, 3.63) is 53.7 Å².